The van der Waals surface area contributed by atoms with Crippen molar-refractivity contribution in [3.63, 3.8) is 0 Å². The molecule has 3 aliphatic rings. The molecule has 2 N–H and O–H groups in total. The van der Waals surface area contributed by atoms with Gasteiger partial charge in [0.2, 0.25) is 5.91 Å². The van der Waals surface area contributed by atoms with Crippen molar-refractivity contribution in [3.05, 3.63) is 29.8 Å². The fourth-order valence-corrected chi connectivity index (χ4v) is 4.12. The van der Waals surface area contributed by atoms with Crippen LogP contribution in [0.1, 0.15) is 30.7 Å². The highest BCUT2D eigenvalue weighted by molar-refractivity contribution is 5.86. The fraction of sp³-hybridized carbons (Fsp3) is 0.467. The first kappa shape index (κ1) is 11.8. The number of carboxylic acid groups (broad SMARTS) is 1. The van der Waals surface area contributed by atoms with Crippen LogP contribution in [0.4, 0.5) is 5.69 Å². The van der Waals surface area contributed by atoms with Crippen molar-refractivity contribution in [2.45, 2.75) is 43.3 Å². The zero-order chi connectivity index (χ0) is 13.9. The highest BCUT2D eigenvalue weighted by Gasteiger charge is 2.53. The molecule has 3 aliphatic heterocycles. The Morgan fingerprint density at radius 2 is 2.15 bits per heavy atom. The molecule has 4 atom stereocenters. The van der Waals surface area contributed by atoms with E-state index in [9.17, 15) is 14.7 Å². The van der Waals surface area contributed by atoms with Gasteiger partial charge in [-0.15, -0.1) is 0 Å². The summed E-state index contributed by atoms with van der Waals surface area (Å²) in [6.07, 6.45) is 1.73. The first-order valence-corrected chi connectivity index (χ1v) is 7.06. The van der Waals surface area contributed by atoms with Gasteiger partial charge in [0.05, 0.1) is 12.1 Å². The Hall–Kier alpha value is -2.04. The molecule has 0 radical (unpaired) electrons. The summed E-state index contributed by atoms with van der Waals surface area (Å²) in [7, 11) is 0. The Morgan fingerprint density at radius 1 is 1.35 bits per heavy atom. The van der Waals surface area contributed by atoms with Gasteiger partial charge in [-0.3, -0.25) is 4.79 Å². The van der Waals surface area contributed by atoms with Gasteiger partial charge in [-0.1, -0.05) is 18.2 Å². The zero-order valence-electron chi connectivity index (χ0n) is 11.0. The molecule has 0 aromatic heterocycles. The molecule has 1 amide bonds. The van der Waals surface area contributed by atoms with Crippen molar-refractivity contribution in [1.82, 2.24) is 4.90 Å². The van der Waals surface area contributed by atoms with Gasteiger partial charge in [-0.25, -0.2) is 4.79 Å². The fourth-order valence-electron chi connectivity index (χ4n) is 4.12. The number of benzene rings is 1. The number of rotatable bonds is 1. The SMILES string of the molecule is O=C(O)[C@@H]1C[C@H]2c3ccccc3N[C@H]2[C@H]2CCC(=O)N21. The van der Waals surface area contributed by atoms with E-state index >= 15 is 0 Å². The molecule has 104 valence electrons. The number of amides is 1. The van der Waals surface area contributed by atoms with Crippen LogP contribution in [0.2, 0.25) is 0 Å². The second-order valence-electron chi connectivity index (χ2n) is 5.86. The predicted molar refractivity (Wildman–Crippen MR) is 72.5 cm³/mol. The number of carbonyl (C=O) groups is 2. The Morgan fingerprint density at radius 3 is 2.95 bits per heavy atom. The summed E-state index contributed by atoms with van der Waals surface area (Å²) in [6, 6.07) is 7.57. The zero-order valence-corrected chi connectivity index (χ0v) is 11.0. The van der Waals surface area contributed by atoms with Gasteiger partial charge in [0.1, 0.15) is 6.04 Å². The highest BCUT2D eigenvalue weighted by atomic mass is 16.4. The number of aliphatic carboxylic acids is 1. The van der Waals surface area contributed by atoms with Crippen LogP contribution in [-0.2, 0) is 9.59 Å². The molecule has 5 nitrogen and oxygen atoms in total. The van der Waals surface area contributed by atoms with Gasteiger partial charge in [0.15, 0.2) is 0 Å². The van der Waals surface area contributed by atoms with Gasteiger partial charge >= 0.3 is 5.97 Å². The largest absolute Gasteiger partial charge is 0.480 e. The molecule has 0 unspecified atom stereocenters. The number of carbonyl (C=O) groups excluding carboxylic acids is 1. The average molecular weight is 272 g/mol. The van der Waals surface area contributed by atoms with Crippen molar-refractivity contribution >= 4 is 17.6 Å². The first-order valence-electron chi connectivity index (χ1n) is 7.06. The maximum atomic E-state index is 12.0. The summed E-state index contributed by atoms with van der Waals surface area (Å²) in [5, 5.41) is 13.0. The minimum absolute atomic E-state index is 0.00903. The molecule has 0 aliphatic carbocycles. The minimum atomic E-state index is -0.881. The number of nitrogens with one attached hydrogen (secondary N) is 1. The molecule has 5 heteroatoms. The molecule has 2 fully saturated rings. The van der Waals surface area contributed by atoms with Gasteiger partial charge in [-0.05, 0) is 24.5 Å². The summed E-state index contributed by atoms with van der Waals surface area (Å²) in [5.74, 6) is -0.703. The third kappa shape index (κ3) is 1.43. The maximum Gasteiger partial charge on any atom is 0.326 e. The number of piperidine rings is 1. The summed E-state index contributed by atoms with van der Waals surface area (Å²) < 4.78 is 0. The van der Waals surface area contributed by atoms with Crippen LogP contribution in [-0.4, -0.2) is 40.0 Å². The molecular formula is C15H16N2O3. The summed E-state index contributed by atoms with van der Waals surface area (Å²) >= 11 is 0. The molecule has 0 bridgehead atoms. The number of nitrogens with zero attached hydrogens (tertiary/aromatic N) is 1. The van der Waals surface area contributed by atoms with Crippen LogP contribution in [0.25, 0.3) is 0 Å². The number of hydrogen-bond donors (Lipinski definition) is 2. The molecule has 0 spiro atoms. The second kappa shape index (κ2) is 3.98. The number of fused-ring (bicyclic) bond motifs is 5. The van der Waals surface area contributed by atoms with Crippen molar-refractivity contribution in [1.29, 1.82) is 0 Å². The maximum absolute atomic E-state index is 12.0. The van der Waals surface area contributed by atoms with Crippen LogP contribution >= 0.6 is 0 Å². The number of carboxylic acids is 1. The Kier molecular flexibility index (Phi) is 2.34. The number of anilines is 1. The van der Waals surface area contributed by atoms with Gasteiger partial charge in [-0.2, -0.15) is 0 Å². The van der Waals surface area contributed by atoms with Crippen LogP contribution in [0.5, 0.6) is 0 Å². The third-order valence-electron chi connectivity index (χ3n) is 4.93. The second-order valence-corrected chi connectivity index (χ2v) is 5.86. The van der Waals surface area contributed by atoms with Crippen LogP contribution in [0, 0.1) is 0 Å². The Balaban J connectivity index is 1.76. The smallest absolute Gasteiger partial charge is 0.326 e. The topological polar surface area (TPSA) is 69.6 Å². The number of hydrogen-bond acceptors (Lipinski definition) is 3. The molecule has 1 aromatic rings. The normalized spacial score (nSPS) is 34.2. The van der Waals surface area contributed by atoms with Crippen molar-refractivity contribution in [3.8, 4) is 0 Å². The van der Waals surface area contributed by atoms with E-state index in [1.807, 2.05) is 18.2 Å². The Bertz CT molecular complexity index is 601. The van der Waals surface area contributed by atoms with E-state index in [1.54, 1.807) is 4.90 Å². The first-order chi connectivity index (χ1) is 9.66. The van der Waals surface area contributed by atoms with Gasteiger partial charge in [0, 0.05) is 18.0 Å². The quantitative estimate of drug-likeness (QED) is 0.811. The molecular weight excluding hydrogens is 256 g/mol. The summed E-state index contributed by atoms with van der Waals surface area (Å²) in [4.78, 5) is 25.2. The molecule has 2 saturated heterocycles. The lowest BCUT2D eigenvalue weighted by Gasteiger charge is -2.42. The minimum Gasteiger partial charge on any atom is -0.480 e. The van der Waals surface area contributed by atoms with Crippen molar-refractivity contribution in [2.24, 2.45) is 0 Å². The monoisotopic (exact) mass is 272 g/mol. The van der Waals surface area contributed by atoms with E-state index in [0.29, 0.717) is 12.8 Å². The van der Waals surface area contributed by atoms with Crippen molar-refractivity contribution in [2.75, 3.05) is 5.32 Å². The molecule has 3 heterocycles. The van der Waals surface area contributed by atoms with Crippen LogP contribution in [0.3, 0.4) is 0 Å². The molecule has 1 aromatic carbocycles. The molecule has 0 saturated carbocycles. The standard InChI is InChI=1S/C15H16N2O3/c18-13-6-5-11-14-9(7-12(15(19)20)17(11)13)8-3-1-2-4-10(8)16-14/h1-4,9,11-12,14,16H,5-7H2,(H,19,20)/t9-,11+,12-,14+/m0/s1. The molecule has 20 heavy (non-hydrogen) atoms. The van der Waals surface area contributed by atoms with Crippen molar-refractivity contribution < 1.29 is 14.7 Å². The summed E-state index contributed by atoms with van der Waals surface area (Å²) in [6.45, 7) is 0. The lowest BCUT2D eigenvalue weighted by atomic mass is 9.80. The highest BCUT2D eigenvalue weighted by Crippen LogP contribution is 2.47. The van der Waals surface area contributed by atoms with Gasteiger partial charge < -0.3 is 15.3 Å². The van der Waals surface area contributed by atoms with E-state index < -0.39 is 12.0 Å². The third-order valence-corrected chi connectivity index (χ3v) is 4.93. The predicted octanol–water partition coefficient (Wildman–Crippen LogP) is 1.41. The average Bonchev–Trinajstić information content (AvgIpc) is 2.99. The van der Waals surface area contributed by atoms with E-state index in [4.69, 9.17) is 0 Å². The van der Waals surface area contributed by atoms with E-state index in [-0.39, 0.29) is 23.9 Å². The van der Waals surface area contributed by atoms with Gasteiger partial charge in [0.25, 0.3) is 0 Å². The summed E-state index contributed by atoms with van der Waals surface area (Å²) in [5.41, 5.74) is 2.29. The van der Waals surface area contributed by atoms with E-state index in [2.05, 4.69) is 11.4 Å². The van der Waals surface area contributed by atoms with Crippen LogP contribution < -0.4 is 5.32 Å². The lowest BCUT2D eigenvalue weighted by Crippen LogP contribution is -2.57. The van der Waals surface area contributed by atoms with E-state index in [0.717, 1.165) is 12.1 Å². The Labute approximate surface area is 116 Å². The number of para-hydroxylation sites is 1. The van der Waals surface area contributed by atoms with E-state index in [1.165, 1.54) is 5.56 Å². The molecule has 4 rings (SSSR count). The lowest BCUT2D eigenvalue weighted by molar-refractivity contribution is -0.152. The van der Waals surface area contributed by atoms with Crippen LogP contribution in [0.15, 0.2) is 24.3 Å².